The number of piperidine rings is 2. The van der Waals surface area contributed by atoms with E-state index >= 15 is 0 Å². The van der Waals surface area contributed by atoms with Gasteiger partial charge in [-0.2, -0.15) is 10.2 Å². The first-order chi connectivity index (χ1) is 33.4. The zero-order valence-corrected chi connectivity index (χ0v) is 40.4. The Balaban J connectivity index is 0.000000133. The number of benzene rings is 2. The van der Waals surface area contributed by atoms with E-state index in [9.17, 15) is 19.2 Å². The van der Waals surface area contributed by atoms with Gasteiger partial charge in [0, 0.05) is 79.2 Å². The van der Waals surface area contributed by atoms with Gasteiger partial charge in [-0.25, -0.2) is 23.8 Å². The van der Waals surface area contributed by atoms with E-state index < -0.39 is 5.97 Å². The fourth-order valence-corrected chi connectivity index (χ4v) is 10.5. The highest BCUT2D eigenvalue weighted by atomic mass is 16.4. The number of nitrogens with zero attached hydrogens (tertiary/aromatic N) is 9. The lowest BCUT2D eigenvalue weighted by molar-refractivity contribution is -0.117. The second-order valence-electron chi connectivity index (χ2n) is 20.0. The van der Waals surface area contributed by atoms with Crippen molar-refractivity contribution >= 4 is 46.4 Å². The highest BCUT2D eigenvalue weighted by Crippen LogP contribution is 2.41. The molecule has 4 aliphatic heterocycles. The van der Waals surface area contributed by atoms with Crippen molar-refractivity contribution in [3.8, 4) is 0 Å². The molecule has 0 spiro atoms. The average molecular weight is 933 g/mol. The summed E-state index contributed by atoms with van der Waals surface area (Å²) >= 11 is 0. The molecule has 6 fully saturated rings. The van der Waals surface area contributed by atoms with Crippen LogP contribution in [0.4, 0.5) is 11.4 Å². The van der Waals surface area contributed by atoms with Gasteiger partial charge in [0.2, 0.25) is 11.8 Å². The van der Waals surface area contributed by atoms with E-state index in [0.717, 1.165) is 89.5 Å². The molecule has 6 aromatic rings. The molecule has 3 amide bonds. The number of aromatic carboxylic acids is 1. The number of hydrogen-bond donors (Lipinski definition) is 2. The van der Waals surface area contributed by atoms with Crippen LogP contribution in [0.1, 0.15) is 180 Å². The molecule has 12 rings (SSSR count). The van der Waals surface area contributed by atoms with E-state index in [1.807, 2.05) is 52.0 Å². The molecule has 2 aromatic carbocycles. The predicted molar refractivity (Wildman–Crippen MR) is 264 cm³/mol. The largest absolute Gasteiger partial charge is 0.478 e. The number of carbonyl (C=O) groups is 4. The Labute approximate surface area is 403 Å². The van der Waals surface area contributed by atoms with Crippen molar-refractivity contribution in [2.75, 3.05) is 36.0 Å². The van der Waals surface area contributed by atoms with Gasteiger partial charge in [-0.3, -0.25) is 14.4 Å². The van der Waals surface area contributed by atoms with Crippen LogP contribution in [-0.4, -0.2) is 89.1 Å². The van der Waals surface area contributed by atoms with Gasteiger partial charge in [0.05, 0.1) is 46.0 Å². The first kappa shape index (κ1) is 46.3. The number of carboxylic acids is 1. The Bertz CT molecular complexity index is 2940. The van der Waals surface area contributed by atoms with Crippen molar-refractivity contribution in [2.24, 2.45) is 0 Å². The minimum Gasteiger partial charge on any atom is -0.478 e. The molecule has 15 nitrogen and oxygen atoms in total. The highest BCUT2D eigenvalue weighted by Gasteiger charge is 2.35. The first-order valence-electron chi connectivity index (χ1n) is 25.2. The van der Waals surface area contributed by atoms with Gasteiger partial charge in [-0.05, 0) is 141 Å². The highest BCUT2D eigenvalue weighted by molar-refractivity contribution is 6.06. The fraction of sp³-hybridized carbons (Fsp3) is 0.481. The summed E-state index contributed by atoms with van der Waals surface area (Å²) in [4.78, 5) is 64.1. The van der Waals surface area contributed by atoms with Gasteiger partial charge in [-0.1, -0.05) is 29.7 Å². The van der Waals surface area contributed by atoms with Crippen LogP contribution < -0.4 is 15.1 Å². The monoisotopic (exact) mass is 933 g/mol. The summed E-state index contributed by atoms with van der Waals surface area (Å²) in [6.07, 6.45) is 14.4. The quantitative estimate of drug-likeness (QED) is 0.150. The molecule has 69 heavy (non-hydrogen) atoms. The minimum atomic E-state index is -0.988. The molecule has 8 heterocycles. The van der Waals surface area contributed by atoms with Crippen molar-refractivity contribution in [2.45, 2.75) is 142 Å². The van der Waals surface area contributed by atoms with Gasteiger partial charge < -0.3 is 25.1 Å². The number of rotatable bonds is 8. The van der Waals surface area contributed by atoms with E-state index in [2.05, 4.69) is 43.4 Å². The summed E-state index contributed by atoms with van der Waals surface area (Å²) < 4.78 is 3.91. The van der Waals surface area contributed by atoms with Crippen LogP contribution in [-0.2, 0) is 9.59 Å². The maximum absolute atomic E-state index is 14.0. The lowest BCUT2D eigenvalue weighted by Crippen LogP contribution is -2.39. The summed E-state index contributed by atoms with van der Waals surface area (Å²) in [6.45, 7) is 11.1. The molecule has 0 unspecified atom stereocenters. The average Bonchev–Trinajstić information content (AvgIpc) is 4.20. The SMILES string of the molecule is Cc1cc(C2CC2)nc2cc([C@@H]3CCCCN3)nn12.Cc1ccc(N2CCCC2=O)c(C(=O)N2CCCC[C@H]2c2cc3nc(C4CC4)cc(C)n3n2)c1.Cc1ccc(N2CCCC2=O)c(C(=O)O)c1. The Morgan fingerprint density at radius 2 is 1.12 bits per heavy atom. The van der Waals surface area contributed by atoms with Crippen LogP contribution in [0.2, 0.25) is 0 Å². The molecule has 0 bridgehead atoms. The van der Waals surface area contributed by atoms with Crippen molar-refractivity contribution in [3.05, 3.63) is 117 Å². The van der Waals surface area contributed by atoms with E-state index in [1.165, 1.54) is 56.3 Å². The number of nitrogens with one attached hydrogen (secondary N) is 1. The lowest BCUT2D eigenvalue weighted by atomic mass is 9.97. The van der Waals surface area contributed by atoms with Gasteiger partial charge >= 0.3 is 5.97 Å². The molecule has 6 aliphatic rings. The molecule has 4 saturated heterocycles. The number of hydrogen-bond acceptors (Lipinski definition) is 9. The second kappa shape index (κ2) is 19.5. The molecule has 2 atom stereocenters. The van der Waals surface area contributed by atoms with Crippen molar-refractivity contribution < 1.29 is 24.3 Å². The Hall–Kier alpha value is -6.48. The number of carbonyl (C=O) groups excluding carboxylic acids is 3. The Morgan fingerprint density at radius 1 is 0.580 bits per heavy atom. The molecule has 2 N–H and O–H groups in total. The van der Waals surface area contributed by atoms with Crippen molar-refractivity contribution in [1.82, 2.24) is 39.4 Å². The normalized spacial score (nSPS) is 20.6. The first-order valence-corrected chi connectivity index (χ1v) is 25.2. The summed E-state index contributed by atoms with van der Waals surface area (Å²) in [5.41, 5.74) is 12.6. The van der Waals surface area contributed by atoms with Crippen LogP contribution in [0.3, 0.4) is 0 Å². The van der Waals surface area contributed by atoms with E-state index in [-0.39, 0.29) is 29.3 Å². The van der Waals surface area contributed by atoms with Crippen molar-refractivity contribution in [1.29, 1.82) is 0 Å². The predicted octanol–water partition coefficient (Wildman–Crippen LogP) is 9.27. The van der Waals surface area contributed by atoms with Crippen molar-refractivity contribution in [3.63, 3.8) is 0 Å². The van der Waals surface area contributed by atoms with Gasteiger partial charge in [-0.15, -0.1) is 0 Å². The van der Waals surface area contributed by atoms with Crippen LogP contribution in [0.5, 0.6) is 0 Å². The number of likely N-dealkylation sites (tertiary alicyclic amines) is 1. The maximum atomic E-state index is 14.0. The zero-order chi connectivity index (χ0) is 47.9. The van der Waals surface area contributed by atoms with E-state index in [1.54, 1.807) is 21.9 Å². The molecular weight excluding hydrogens is 869 g/mol. The smallest absolute Gasteiger partial charge is 0.337 e. The molecule has 360 valence electrons. The number of aromatic nitrogens is 6. The number of aryl methyl sites for hydroxylation is 4. The minimum absolute atomic E-state index is 0.00588. The summed E-state index contributed by atoms with van der Waals surface area (Å²) in [5.74, 6) is 0.396. The summed E-state index contributed by atoms with van der Waals surface area (Å²) in [5, 5.41) is 22.3. The molecule has 4 aromatic heterocycles. The molecule has 2 saturated carbocycles. The summed E-state index contributed by atoms with van der Waals surface area (Å²) in [7, 11) is 0. The maximum Gasteiger partial charge on any atom is 0.337 e. The molecular formula is C54H64N10O5. The van der Waals surface area contributed by atoms with Gasteiger partial charge in [0.15, 0.2) is 11.3 Å². The van der Waals surface area contributed by atoms with Crippen LogP contribution >= 0.6 is 0 Å². The third kappa shape index (κ3) is 9.88. The molecule has 2 aliphatic carbocycles. The summed E-state index contributed by atoms with van der Waals surface area (Å²) in [6, 6.07) is 19.9. The topological polar surface area (TPSA) is 171 Å². The van der Waals surface area contributed by atoms with Gasteiger partial charge in [0.1, 0.15) is 0 Å². The Morgan fingerprint density at radius 3 is 1.64 bits per heavy atom. The third-order valence-electron chi connectivity index (χ3n) is 14.5. The van der Waals surface area contributed by atoms with Crippen LogP contribution in [0.25, 0.3) is 11.3 Å². The van der Waals surface area contributed by atoms with Crippen LogP contribution in [0.15, 0.2) is 60.7 Å². The molecule has 0 radical (unpaired) electrons. The fourth-order valence-electron chi connectivity index (χ4n) is 10.5. The molecule has 15 heteroatoms. The lowest BCUT2D eigenvalue weighted by Gasteiger charge is -2.35. The number of fused-ring (bicyclic) bond motifs is 2. The Kier molecular flexibility index (Phi) is 13.1. The number of amides is 3. The number of carboxylic acid groups (broad SMARTS) is 1. The second-order valence-corrected chi connectivity index (χ2v) is 20.0. The zero-order valence-electron chi connectivity index (χ0n) is 40.4. The third-order valence-corrected chi connectivity index (χ3v) is 14.5. The van der Waals surface area contributed by atoms with E-state index in [0.29, 0.717) is 61.6 Å². The van der Waals surface area contributed by atoms with E-state index in [4.69, 9.17) is 25.3 Å². The van der Waals surface area contributed by atoms with Crippen LogP contribution in [0, 0.1) is 27.7 Å². The number of anilines is 2. The standard InChI is InChI=1S/C27H31N5O2.C15H20N4.C12H13NO3/c1-17-8-11-23(30-13-5-7-26(30)33)20(14-17)27(34)31-12-4-3-6-24(31)22-16-25-28-21(19-9-10-19)15-18(2)32(25)29-22;1-10-8-13(11-5-6-11)17-15-9-14(18-19(10)15)12-4-2-3-7-16-12;1-8-4-5-10(9(7-8)12(15)16)13-6-2-3-11(13)14/h8,11,14-16,19,24H,3-7,9-10,12-13H2,1-2H3;8-9,11-12,16H,2-7H2,1H3;4-5,7H,2-3,6H2,1H3,(H,15,16)/t24-;12-;/m00./s1. The van der Waals surface area contributed by atoms with Gasteiger partial charge in [0.25, 0.3) is 5.91 Å².